The predicted octanol–water partition coefficient (Wildman–Crippen LogP) is 15.6. The predicted molar refractivity (Wildman–Crippen MR) is 235 cm³/mol. The molecule has 0 saturated heterocycles. The van der Waals surface area contributed by atoms with Crippen LogP contribution in [0.15, 0.2) is 205 Å². The van der Waals surface area contributed by atoms with E-state index in [0.717, 1.165) is 44.7 Å². The van der Waals surface area contributed by atoms with Crippen molar-refractivity contribution >= 4 is 81.3 Å². The topological polar surface area (TPSA) is 16.4 Å². The van der Waals surface area contributed by atoms with Crippen LogP contribution in [-0.4, -0.2) is 0 Å². The normalized spacial score (nSPS) is 11.6. The molecule has 3 heteroatoms. The van der Waals surface area contributed by atoms with Gasteiger partial charge in [0.1, 0.15) is 11.2 Å². The fourth-order valence-electron chi connectivity index (χ4n) is 8.20. The lowest BCUT2D eigenvalue weighted by Gasteiger charge is -2.26. The Labute approximate surface area is 322 Å². The Bertz CT molecular complexity index is 3190. The van der Waals surface area contributed by atoms with Gasteiger partial charge in [0.25, 0.3) is 0 Å². The molecule has 0 radical (unpaired) electrons. The van der Waals surface area contributed by atoms with Gasteiger partial charge in [-0.25, -0.2) is 0 Å². The first-order valence-electron chi connectivity index (χ1n) is 18.7. The minimum atomic E-state index is 0.902. The van der Waals surface area contributed by atoms with Crippen molar-refractivity contribution in [2.45, 2.75) is 0 Å². The lowest BCUT2D eigenvalue weighted by atomic mass is 10.00. The van der Waals surface area contributed by atoms with Crippen molar-refractivity contribution in [1.82, 2.24) is 0 Å². The third-order valence-corrected chi connectivity index (χ3v) is 12.1. The van der Waals surface area contributed by atoms with Crippen LogP contribution in [0.5, 0.6) is 0 Å². The number of rotatable bonds is 6. The highest BCUT2D eigenvalue weighted by molar-refractivity contribution is 7.26. The molecule has 0 bridgehead atoms. The molecular formula is C52H33NOS. The third kappa shape index (κ3) is 5.40. The summed E-state index contributed by atoms with van der Waals surface area (Å²) < 4.78 is 9.07. The Morgan fingerprint density at radius 3 is 1.84 bits per heavy atom. The second kappa shape index (κ2) is 12.9. The van der Waals surface area contributed by atoms with Crippen molar-refractivity contribution < 1.29 is 4.42 Å². The van der Waals surface area contributed by atoms with Crippen molar-refractivity contribution in [3.8, 4) is 33.4 Å². The van der Waals surface area contributed by atoms with Crippen LogP contribution in [0.2, 0.25) is 0 Å². The van der Waals surface area contributed by atoms with Gasteiger partial charge in [-0.2, -0.15) is 0 Å². The van der Waals surface area contributed by atoms with Crippen molar-refractivity contribution in [2.75, 3.05) is 4.90 Å². The maximum absolute atomic E-state index is 6.42. The maximum atomic E-state index is 6.42. The molecule has 0 amide bonds. The molecule has 0 spiro atoms. The molecule has 258 valence electrons. The molecule has 0 fully saturated rings. The largest absolute Gasteiger partial charge is 0.456 e. The van der Waals surface area contributed by atoms with Crippen molar-refractivity contribution in [3.05, 3.63) is 200 Å². The van der Waals surface area contributed by atoms with E-state index in [4.69, 9.17) is 4.42 Å². The summed E-state index contributed by atoms with van der Waals surface area (Å²) in [7, 11) is 0. The Kier molecular flexibility index (Phi) is 7.39. The first-order chi connectivity index (χ1) is 27.2. The lowest BCUT2D eigenvalue weighted by molar-refractivity contribution is 0.669. The molecule has 0 aliphatic rings. The Morgan fingerprint density at radius 1 is 0.364 bits per heavy atom. The van der Waals surface area contributed by atoms with E-state index in [0.29, 0.717) is 0 Å². The fraction of sp³-hybridized carbons (Fsp3) is 0. The van der Waals surface area contributed by atoms with Gasteiger partial charge in [0.05, 0.1) is 0 Å². The van der Waals surface area contributed by atoms with E-state index in [-0.39, 0.29) is 0 Å². The molecule has 0 aliphatic carbocycles. The SMILES string of the molecule is c1ccc(-c2cccc(N(c3ccc(-c4ccc5c(c4)oc4ccc6ccccc6c45)cc3)c3ccc(-c4cccc5c4sc4ccccc45)cc3)c2)cc1. The summed E-state index contributed by atoms with van der Waals surface area (Å²) in [6.07, 6.45) is 0. The number of nitrogens with zero attached hydrogens (tertiary/aromatic N) is 1. The zero-order chi connectivity index (χ0) is 36.3. The first-order valence-corrected chi connectivity index (χ1v) is 19.5. The summed E-state index contributed by atoms with van der Waals surface area (Å²) in [5.41, 5.74) is 12.2. The standard InChI is InChI=1S/C52H33NOS/c1-2-10-34(11-3-1)38-13-8-14-42(32-38)53(41-28-22-37(23-29-41)44-17-9-18-46-45-16-6-7-19-50(45)55-52(44)46)40-26-20-35(21-27-40)39-24-30-47-49(33-39)54-48-31-25-36-12-4-5-15-43(36)51(47)48/h1-33H. The van der Waals surface area contributed by atoms with Crippen molar-refractivity contribution in [3.63, 3.8) is 0 Å². The monoisotopic (exact) mass is 719 g/mol. The molecule has 2 heterocycles. The number of furan rings is 1. The number of fused-ring (bicyclic) bond motifs is 8. The van der Waals surface area contributed by atoms with Gasteiger partial charge in [0.2, 0.25) is 0 Å². The highest BCUT2D eigenvalue weighted by Crippen LogP contribution is 2.43. The highest BCUT2D eigenvalue weighted by atomic mass is 32.1. The number of benzene rings is 9. The molecule has 2 aromatic heterocycles. The van der Waals surface area contributed by atoms with Gasteiger partial charge in [0.15, 0.2) is 0 Å². The van der Waals surface area contributed by atoms with E-state index in [2.05, 4.69) is 205 Å². The Hall–Kier alpha value is -6.94. The van der Waals surface area contributed by atoms with Crippen LogP contribution in [0.1, 0.15) is 0 Å². The minimum absolute atomic E-state index is 0.902. The Morgan fingerprint density at radius 2 is 1.00 bits per heavy atom. The van der Waals surface area contributed by atoms with Gasteiger partial charge >= 0.3 is 0 Å². The summed E-state index contributed by atoms with van der Waals surface area (Å²) in [4.78, 5) is 2.35. The summed E-state index contributed by atoms with van der Waals surface area (Å²) in [6, 6.07) is 72.1. The minimum Gasteiger partial charge on any atom is -0.456 e. The van der Waals surface area contributed by atoms with Crippen LogP contribution in [0.3, 0.4) is 0 Å². The highest BCUT2D eigenvalue weighted by Gasteiger charge is 2.17. The van der Waals surface area contributed by atoms with E-state index < -0.39 is 0 Å². The maximum Gasteiger partial charge on any atom is 0.136 e. The third-order valence-electron chi connectivity index (χ3n) is 10.9. The molecule has 55 heavy (non-hydrogen) atoms. The van der Waals surface area contributed by atoms with Crippen LogP contribution < -0.4 is 4.90 Å². The quantitative estimate of drug-likeness (QED) is 0.170. The van der Waals surface area contributed by atoms with Crippen LogP contribution in [0.4, 0.5) is 17.1 Å². The average Bonchev–Trinajstić information content (AvgIpc) is 3.83. The van der Waals surface area contributed by atoms with Gasteiger partial charge in [0, 0.05) is 48.0 Å². The molecule has 0 unspecified atom stereocenters. The molecule has 11 rings (SSSR count). The van der Waals surface area contributed by atoms with Crippen LogP contribution in [0.25, 0.3) is 86.3 Å². The zero-order valence-electron chi connectivity index (χ0n) is 29.8. The summed E-state index contributed by atoms with van der Waals surface area (Å²) in [5.74, 6) is 0. The number of anilines is 3. The van der Waals surface area contributed by atoms with E-state index in [1.54, 1.807) is 0 Å². The molecule has 0 N–H and O–H groups in total. The second-order valence-electron chi connectivity index (χ2n) is 14.1. The smallest absolute Gasteiger partial charge is 0.136 e. The van der Waals surface area contributed by atoms with E-state index >= 15 is 0 Å². The van der Waals surface area contributed by atoms with E-state index in [1.165, 1.54) is 58.6 Å². The van der Waals surface area contributed by atoms with E-state index in [1.807, 2.05) is 11.3 Å². The Balaban J connectivity index is 0.990. The molecule has 11 aromatic rings. The van der Waals surface area contributed by atoms with Gasteiger partial charge in [-0.1, -0.05) is 140 Å². The summed E-state index contributed by atoms with van der Waals surface area (Å²) >= 11 is 1.87. The van der Waals surface area contributed by atoms with Gasteiger partial charge < -0.3 is 9.32 Å². The molecule has 2 nitrogen and oxygen atoms in total. The average molecular weight is 720 g/mol. The summed E-state index contributed by atoms with van der Waals surface area (Å²) in [5, 5.41) is 7.39. The number of hydrogen-bond acceptors (Lipinski definition) is 3. The van der Waals surface area contributed by atoms with Crippen molar-refractivity contribution in [1.29, 1.82) is 0 Å². The van der Waals surface area contributed by atoms with Gasteiger partial charge in [-0.15, -0.1) is 11.3 Å². The number of thiophene rings is 1. The molecule has 0 atom stereocenters. The van der Waals surface area contributed by atoms with E-state index in [9.17, 15) is 0 Å². The second-order valence-corrected chi connectivity index (χ2v) is 15.2. The van der Waals surface area contributed by atoms with Gasteiger partial charge in [-0.3, -0.25) is 0 Å². The zero-order valence-corrected chi connectivity index (χ0v) is 30.6. The van der Waals surface area contributed by atoms with Crippen molar-refractivity contribution in [2.24, 2.45) is 0 Å². The van der Waals surface area contributed by atoms with Crippen LogP contribution in [0, 0.1) is 0 Å². The van der Waals surface area contributed by atoms with Gasteiger partial charge in [-0.05, 0) is 105 Å². The molecular weight excluding hydrogens is 687 g/mol. The van der Waals surface area contributed by atoms with Crippen LogP contribution >= 0.6 is 11.3 Å². The first kappa shape index (κ1) is 31.6. The molecule has 9 aromatic carbocycles. The lowest BCUT2D eigenvalue weighted by Crippen LogP contribution is -2.10. The molecule has 0 aliphatic heterocycles. The fourth-order valence-corrected chi connectivity index (χ4v) is 9.43. The molecule has 0 saturated carbocycles. The number of hydrogen-bond donors (Lipinski definition) is 0. The summed E-state index contributed by atoms with van der Waals surface area (Å²) in [6.45, 7) is 0. The van der Waals surface area contributed by atoms with Crippen LogP contribution in [-0.2, 0) is 0 Å².